The van der Waals surface area contributed by atoms with E-state index in [1.54, 1.807) is 0 Å². The minimum atomic E-state index is 0.0400. The van der Waals surface area contributed by atoms with Crippen LogP contribution < -0.4 is 10.5 Å². The third-order valence-corrected chi connectivity index (χ3v) is 3.65. The first-order valence-electron chi connectivity index (χ1n) is 6.02. The Hall–Kier alpha value is -0.780. The summed E-state index contributed by atoms with van der Waals surface area (Å²) >= 11 is 8.49. The zero-order valence-electron chi connectivity index (χ0n) is 10.6. The standard InChI is InChI=1S/C15H15ClINO/c1-10(18)8-13-14(16)6-3-7-15(13)19-12-5-2-4-11(17)9-12/h2-7,9-10H,8,18H2,1H3. The first-order valence-corrected chi connectivity index (χ1v) is 7.48. The lowest BCUT2D eigenvalue weighted by molar-refractivity contribution is 0.473. The molecule has 19 heavy (non-hydrogen) atoms. The van der Waals surface area contributed by atoms with Crippen molar-refractivity contribution < 1.29 is 4.74 Å². The fourth-order valence-corrected chi connectivity index (χ4v) is 2.57. The van der Waals surface area contributed by atoms with Crippen molar-refractivity contribution in [3.8, 4) is 11.5 Å². The SMILES string of the molecule is CC(N)Cc1c(Cl)cccc1Oc1cccc(I)c1. The Labute approximate surface area is 132 Å². The molecule has 4 heteroatoms. The zero-order valence-corrected chi connectivity index (χ0v) is 13.5. The second kappa shape index (κ2) is 6.59. The predicted molar refractivity (Wildman–Crippen MR) is 88.0 cm³/mol. The molecular formula is C15H15ClINO. The highest BCUT2D eigenvalue weighted by Gasteiger charge is 2.11. The molecule has 0 spiro atoms. The highest BCUT2D eigenvalue weighted by molar-refractivity contribution is 14.1. The number of rotatable bonds is 4. The van der Waals surface area contributed by atoms with Gasteiger partial charge in [0.15, 0.2) is 0 Å². The average Bonchev–Trinajstić information content (AvgIpc) is 2.33. The molecule has 0 saturated carbocycles. The molecule has 0 aliphatic heterocycles. The van der Waals surface area contributed by atoms with Crippen LogP contribution in [0.5, 0.6) is 11.5 Å². The summed E-state index contributed by atoms with van der Waals surface area (Å²) in [5, 5.41) is 0.695. The molecule has 0 saturated heterocycles. The lowest BCUT2D eigenvalue weighted by Crippen LogP contribution is -2.18. The maximum Gasteiger partial charge on any atom is 0.132 e. The second-order valence-electron chi connectivity index (χ2n) is 4.46. The van der Waals surface area contributed by atoms with Crippen LogP contribution in [-0.4, -0.2) is 6.04 Å². The van der Waals surface area contributed by atoms with Gasteiger partial charge in [-0.3, -0.25) is 0 Å². The fourth-order valence-electron chi connectivity index (χ4n) is 1.81. The van der Waals surface area contributed by atoms with Gasteiger partial charge in [-0.25, -0.2) is 0 Å². The van der Waals surface area contributed by atoms with Gasteiger partial charge in [-0.05, 0) is 66.3 Å². The van der Waals surface area contributed by atoms with Crippen LogP contribution in [0.25, 0.3) is 0 Å². The molecule has 0 aliphatic rings. The normalized spacial score (nSPS) is 12.2. The number of benzene rings is 2. The average molecular weight is 388 g/mol. The number of hydrogen-bond donors (Lipinski definition) is 1. The van der Waals surface area contributed by atoms with Crippen molar-refractivity contribution in [3.05, 3.63) is 56.6 Å². The van der Waals surface area contributed by atoms with Gasteiger partial charge < -0.3 is 10.5 Å². The summed E-state index contributed by atoms with van der Waals surface area (Å²) in [5.74, 6) is 1.58. The van der Waals surface area contributed by atoms with Crippen molar-refractivity contribution >= 4 is 34.2 Å². The highest BCUT2D eigenvalue weighted by Crippen LogP contribution is 2.31. The van der Waals surface area contributed by atoms with Crippen molar-refractivity contribution in [2.45, 2.75) is 19.4 Å². The molecule has 1 atom stereocenters. The van der Waals surface area contributed by atoms with Gasteiger partial charge in [0, 0.05) is 20.2 Å². The molecule has 1 unspecified atom stereocenters. The van der Waals surface area contributed by atoms with Crippen LogP contribution in [0.4, 0.5) is 0 Å². The van der Waals surface area contributed by atoms with Crippen molar-refractivity contribution in [1.29, 1.82) is 0 Å². The van der Waals surface area contributed by atoms with E-state index in [1.807, 2.05) is 49.4 Å². The minimum absolute atomic E-state index is 0.0400. The Kier molecular flexibility index (Phi) is 5.07. The van der Waals surface area contributed by atoms with Crippen molar-refractivity contribution in [3.63, 3.8) is 0 Å². The predicted octanol–water partition coefficient (Wildman–Crippen LogP) is 4.63. The van der Waals surface area contributed by atoms with E-state index in [1.165, 1.54) is 0 Å². The monoisotopic (exact) mass is 387 g/mol. The van der Waals surface area contributed by atoms with E-state index in [9.17, 15) is 0 Å². The second-order valence-corrected chi connectivity index (χ2v) is 6.11. The van der Waals surface area contributed by atoms with Gasteiger partial charge in [0.2, 0.25) is 0 Å². The maximum absolute atomic E-state index is 6.23. The van der Waals surface area contributed by atoms with E-state index in [0.29, 0.717) is 11.4 Å². The lowest BCUT2D eigenvalue weighted by Gasteiger charge is -2.14. The molecule has 0 radical (unpaired) electrons. The molecule has 2 N–H and O–H groups in total. The van der Waals surface area contributed by atoms with Crippen molar-refractivity contribution in [2.24, 2.45) is 5.73 Å². The largest absolute Gasteiger partial charge is 0.457 e. The summed E-state index contributed by atoms with van der Waals surface area (Å²) in [6.07, 6.45) is 0.693. The summed E-state index contributed by atoms with van der Waals surface area (Å²) in [7, 11) is 0. The number of nitrogens with two attached hydrogens (primary N) is 1. The van der Waals surface area contributed by atoms with Gasteiger partial charge in [0.05, 0.1) is 0 Å². The van der Waals surface area contributed by atoms with E-state index in [-0.39, 0.29) is 6.04 Å². The van der Waals surface area contributed by atoms with Crippen LogP contribution in [-0.2, 0) is 6.42 Å². The van der Waals surface area contributed by atoms with Gasteiger partial charge in [-0.1, -0.05) is 23.7 Å². The fraction of sp³-hybridized carbons (Fsp3) is 0.200. The molecule has 0 fully saturated rings. The lowest BCUT2D eigenvalue weighted by atomic mass is 10.1. The van der Waals surface area contributed by atoms with Gasteiger partial charge in [0.1, 0.15) is 11.5 Å². The third kappa shape index (κ3) is 4.09. The highest BCUT2D eigenvalue weighted by atomic mass is 127. The van der Waals surface area contributed by atoms with Gasteiger partial charge in [-0.2, -0.15) is 0 Å². The van der Waals surface area contributed by atoms with Crippen LogP contribution in [0.3, 0.4) is 0 Å². The Morgan fingerprint density at radius 3 is 2.68 bits per heavy atom. The van der Waals surface area contributed by atoms with Gasteiger partial charge >= 0.3 is 0 Å². The molecule has 0 amide bonds. The molecule has 2 nitrogen and oxygen atoms in total. The van der Waals surface area contributed by atoms with Crippen LogP contribution in [0.15, 0.2) is 42.5 Å². The Morgan fingerprint density at radius 1 is 1.26 bits per heavy atom. The summed E-state index contributed by atoms with van der Waals surface area (Å²) in [6, 6.07) is 13.6. The number of ether oxygens (including phenoxy) is 1. The zero-order chi connectivity index (χ0) is 13.8. The third-order valence-electron chi connectivity index (χ3n) is 2.63. The molecule has 0 bridgehead atoms. The molecule has 2 aromatic carbocycles. The summed E-state index contributed by atoms with van der Waals surface area (Å²) in [5.41, 5.74) is 6.82. The van der Waals surface area contributed by atoms with Gasteiger partial charge in [-0.15, -0.1) is 0 Å². The Bertz CT molecular complexity index is 572. The van der Waals surface area contributed by atoms with E-state index in [0.717, 1.165) is 20.6 Å². The minimum Gasteiger partial charge on any atom is -0.457 e. The number of halogens is 2. The summed E-state index contributed by atoms with van der Waals surface area (Å²) in [6.45, 7) is 1.96. The first kappa shape index (κ1) is 14.6. The Balaban J connectivity index is 2.31. The van der Waals surface area contributed by atoms with Crippen molar-refractivity contribution in [2.75, 3.05) is 0 Å². The van der Waals surface area contributed by atoms with Gasteiger partial charge in [0.25, 0.3) is 0 Å². The van der Waals surface area contributed by atoms with E-state index < -0.39 is 0 Å². The molecule has 100 valence electrons. The molecule has 0 heterocycles. The quantitative estimate of drug-likeness (QED) is 0.777. The summed E-state index contributed by atoms with van der Waals surface area (Å²) in [4.78, 5) is 0. The van der Waals surface area contributed by atoms with Crippen LogP contribution in [0.1, 0.15) is 12.5 Å². The summed E-state index contributed by atoms with van der Waals surface area (Å²) < 4.78 is 7.06. The maximum atomic E-state index is 6.23. The van der Waals surface area contributed by atoms with Crippen LogP contribution in [0, 0.1) is 3.57 Å². The Morgan fingerprint density at radius 2 is 2.00 bits per heavy atom. The number of hydrogen-bond acceptors (Lipinski definition) is 2. The van der Waals surface area contributed by atoms with E-state index in [4.69, 9.17) is 22.1 Å². The molecule has 2 aromatic rings. The topological polar surface area (TPSA) is 35.2 Å². The first-order chi connectivity index (χ1) is 9.06. The van der Waals surface area contributed by atoms with Crippen LogP contribution >= 0.6 is 34.2 Å². The molecule has 2 rings (SSSR count). The van der Waals surface area contributed by atoms with Crippen molar-refractivity contribution in [1.82, 2.24) is 0 Å². The van der Waals surface area contributed by atoms with E-state index >= 15 is 0 Å². The molecule has 0 aliphatic carbocycles. The van der Waals surface area contributed by atoms with E-state index in [2.05, 4.69) is 22.6 Å². The molecular weight excluding hydrogens is 373 g/mol. The smallest absolute Gasteiger partial charge is 0.132 e. The van der Waals surface area contributed by atoms with Crippen LogP contribution in [0.2, 0.25) is 5.02 Å². The molecule has 0 aromatic heterocycles.